The van der Waals surface area contributed by atoms with Crippen LogP contribution in [-0.2, 0) is 4.79 Å². The third-order valence-corrected chi connectivity index (χ3v) is 8.72. The van der Waals surface area contributed by atoms with Crippen LogP contribution in [0, 0.1) is 17.8 Å². The predicted octanol–water partition coefficient (Wildman–Crippen LogP) is 6.17. The smallest absolute Gasteiger partial charge is 0.278 e. The van der Waals surface area contributed by atoms with E-state index in [-0.39, 0.29) is 17.2 Å². The van der Waals surface area contributed by atoms with Crippen molar-refractivity contribution in [1.29, 1.82) is 0 Å². The number of nitrogens with one attached hydrogen (secondary N) is 1. The van der Waals surface area contributed by atoms with Crippen LogP contribution in [0.4, 0.5) is 5.13 Å². The molecule has 0 aliphatic rings. The molecule has 1 N–H and O–H groups in total. The van der Waals surface area contributed by atoms with Crippen molar-refractivity contribution >= 4 is 68.0 Å². The van der Waals surface area contributed by atoms with Gasteiger partial charge in [-0.2, -0.15) is 0 Å². The van der Waals surface area contributed by atoms with E-state index in [0.29, 0.717) is 42.6 Å². The molecule has 0 saturated heterocycles. The number of rotatable bonds is 8. The van der Waals surface area contributed by atoms with Gasteiger partial charge in [0.1, 0.15) is 10.4 Å². The molecule has 0 aliphatic heterocycles. The van der Waals surface area contributed by atoms with E-state index in [4.69, 9.17) is 21.9 Å². The summed E-state index contributed by atoms with van der Waals surface area (Å²) >= 11 is 9.43. The van der Waals surface area contributed by atoms with Gasteiger partial charge in [0.2, 0.25) is 5.91 Å². The SMILES string of the molecule is CCOc1ccc(-n2c(SCC(=O)Nc3nccs3)nc3c(sc(=S)n3-c3ccc(C)c(C)c3)c2=O)cc1. The van der Waals surface area contributed by atoms with Crippen molar-refractivity contribution in [3.05, 3.63) is 79.5 Å². The molecule has 2 aromatic carbocycles. The Labute approximate surface area is 236 Å². The van der Waals surface area contributed by atoms with Crippen LogP contribution in [0.5, 0.6) is 5.75 Å². The fourth-order valence-electron chi connectivity index (χ4n) is 3.78. The van der Waals surface area contributed by atoms with Crippen LogP contribution in [0.2, 0.25) is 0 Å². The van der Waals surface area contributed by atoms with Gasteiger partial charge in [-0.25, -0.2) is 9.97 Å². The van der Waals surface area contributed by atoms with Crippen molar-refractivity contribution in [2.75, 3.05) is 17.7 Å². The van der Waals surface area contributed by atoms with Gasteiger partial charge in [-0.05, 0) is 80.5 Å². The molecule has 0 atom stereocenters. The first-order chi connectivity index (χ1) is 18.4. The second kappa shape index (κ2) is 11.2. The molecule has 194 valence electrons. The second-order valence-electron chi connectivity index (χ2n) is 8.26. The van der Waals surface area contributed by atoms with E-state index in [1.54, 1.807) is 35.8 Å². The van der Waals surface area contributed by atoms with E-state index in [9.17, 15) is 9.59 Å². The van der Waals surface area contributed by atoms with Crippen molar-refractivity contribution in [3.63, 3.8) is 0 Å². The summed E-state index contributed by atoms with van der Waals surface area (Å²) in [5, 5.41) is 5.46. The minimum Gasteiger partial charge on any atom is -0.494 e. The van der Waals surface area contributed by atoms with Gasteiger partial charge in [-0.3, -0.25) is 18.7 Å². The topological polar surface area (TPSA) is 91.0 Å². The normalized spacial score (nSPS) is 11.1. The molecular formula is C26H23N5O3S4. The summed E-state index contributed by atoms with van der Waals surface area (Å²) in [5.74, 6) is 0.504. The molecule has 0 bridgehead atoms. The molecule has 0 aliphatic carbocycles. The number of anilines is 1. The Kier molecular flexibility index (Phi) is 7.75. The lowest BCUT2D eigenvalue weighted by Crippen LogP contribution is -2.22. The number of ether oxygens (including phenoxy) is 1. The van der Waals surface area contributed by atoms with Crippen molar-refractivity contribution < 1.29 is 9.53 Å². The fourth-order valence-corrected chi connectivity index (χ4v) is 6.43. The first-order valence-electron chi connectivity index (χ1n) is 11.7. The zero-order valence-corrected chi connectivity index (χ0v) is 24.0. The molecule has 3 heterocycles. The molecular weight excluding hydrogens is 559 g/mol. The molecule has 0 radical (unpaired) electrons. The number of hydrogen-bond acceptors (Lipinski definition) is 9. The summed E-state index contributed by atoms with van der Waals surface area (Å²) in [4.78, 5) is 35.5. The van der Waals surface area contributed by atoms with Crippen LogP contribution in [0.3, 0.4) is 0 Å². The number of fused-ring (bicyclic) bond motifs is 1. The minimum atomic E-state index is -0.249. The minimum absolute atomic E-state index is 0.0447. The number of thiazole rings is 2. The van der Waals surface area contributed by atoms with E-state index in [0.717, 1.165) is 16.8 Å². The number of amides is 1. The number of carbonyl (C=O) groups is 1. The van der Waals surface area contributed by atoms with Crippen LogP contribution in [0.25, 0.3) is 21.7 Å². The zero-order valence-electron chi connectivity index (χ0n) is 20.8. The summed E-state index contributed by atoms with van der Waals surface area (Å²) < 4.78 is 9.88. The molecule has 5 aromatic rings. The van der Waals surface area contributed by atoms with Gasteiger partial charge in [0.05, 0.1) is 18.0 Å². The number of aromatic nitrogens is 4. The highest BCUT2D eigenvalue weighted by Gasteiger charge is 2.20. The second-order valence-corrected chi connectivity index (χ2v) is 11.7. The number of benzene rings is 2. The molecule has 8 nitrogen and oxygen atoms in total. The molecule has 1 amide bonds. The Morgan fingerprint density at radius 3 is 2.55 bits per heavy atom. The average molecular weight is 582 g/mol. The molecule has 0 saturated carbocycles. The highest BCUT2D eigenvalue weighted by atomic mass is 32.2. The number of hydrogen-bond donors (Lipinski definition) is 1. The summed E-state index contributed by atoms with van der Waals surface area (Å²) in [7, 11) is 0. The first kappa shape index (κ1) is 26.3. The van der Waals surface area contributed by atoms with Crippen molar-refractivity contribution in [1.82, 2.24) is 19.1 Å². The van der Waals surface area contributed by atoms with Gasteiger partial charge in [0.25, 0.3) is 5.56 Å². The quantitative estimate of drug-likeness (QED) is 0.133. The van der Waals surface area contributed by atoms with Gasteiger partial charge in [-0.15, -0.1) is 11.3 Å². The maximum Gasteiger partial charge on any atom is 0.278 e. The number of aryl methyl sites for hydroxylation is 2. The van der Waals surface area contributed by atoms with Crippen molar-refractivity contribution in [2.24, 2.45) is 0 Å². The number of carbonyl (C=O) groups excluding carboxylic acids is 1. The number of thioether (sulfide) groups is 1. The third kappa shape index (κ3) is 5.30. The average Bonchev–Trinajstić information content (AvgIpc) is 3.53. The van der Waals surface area contributed by atoms with E-state index in [1.165, 1.54) is 39.0 Å². The Morgan fingerprint density at radius 2 is 1.87 bits per heavy atom. The summed E-state index contributed by atoms with van der Waals surface area (Å²) in [6.45, 7) is 6.53. The van der Waals surface area contributed by atoms with Gasteiger partial charge < -0.3 is 10.1 Å². The van der Waals surface area contributed by atoms with Crippen LogP contribution < -0.4 is 15.6 Å². The van der Waals surface area contributed by atoms with E-state index < -0.39 is 0 Å². The maximum absolute atomic E-state index is 13.9. The van der Waals surface area contributed by atoms with E-state index in [1.807, 2.05) is 43.5 Å². The molecule has 12 heteroatoms. The summed E-state index contributed by atoms with van der Waals surface area (Å²) in [6, 6.07) is 13.3. The molecule has 0 fully saturated rings. The van der Waals surface area contributed by atoms with Crippen LogP contribution in [0.1, 0.15) is 18.1 Å². The molecule has 0 unspecified atom stereocenters. The number of nitrogens with zero attached hydrogens (tertiary/aromatic N) is 4. The lowest BCUT2D eigenvalue weighted by molar-refractivity contribution is -0.113. The summed E-state index contributed by atoms with van der Waals surface area (Å²) in [5.41, 5.74) is 3.95. The molecule has 5 rings (SSSR count). The van der Waals surface area contributed by atoms with Gasteiger partial charge in [0.15, 0.2) is 19.9 Å². The van der Waals surface area contributed by atoms with Gasteiger partial charge in [0, 0.05) is 17.3 Å². The Morgan fingerprint density at radius 1 is 1.11 bits per heavy atom. The largest absolute Gasteiger partial charge is 0.494 e. The van der Waals surface area contributed by atoms with E-state index in [2.05, 4.69) is 10.3 Å². The monoisotopic (exact) mass is 581 g/mol. The molecule has 38 heavy (non-hydrogen) atoms. The van der Waals surface area contributed by atoms with Crippen LogP contribution in [0.15, 0.2) is 64.0 Å². The predicted molar refractivity (Wildman–Crippen MR) is 157 cm³/mol. The highest BCUT2D eigenvalue weighted by Crippen LogP contribution is 2.29. The molecule has 0 spiro atoms. The Bertz CT molecular complexity index is 1740. The Hall–Kier alpha value is -3.32. The maximum atomic E-state index is 13.9. The summed E-state index contributed by atoms with van der Waals surface area (Å²) in [6.07, 6.45) is 1.63. The van der Waals surface area contributed by atoms with Crippen LogP contribution in [-0.4, -0.2) is 37.4 Å². The highest BCUT2D eigenvalue weighted by molar-refractivity contribution is 7.99. The van der Waals surface area contributed by atoms with Gasteiger partial charge >= 0.3 is 0 Å². The lowest BCUT2D eigenvalue weighted by Gasteiger charge is -2.14. The van der Waals surface area contributed by atoms with Gasteiger partial charge in [-0.1, -0.05) is 29.2 Å². The van der Waals surface area contributed by atoms with E-state index >= 15 is 0 Å². The Balaban J connectivity index is 1.63. The lowest BCUT2D eigenvalue weighted by atomic mass is 10.1. The zero-order chi connectivity index (χ0) is 26.8. The van der Waals surface area contributed by atoms with Crippen molar-refractivity contribution in [3.8, 4) is 17.1 Å². The fraction of sp³-hybridized carbons (Fsp3) is 0.192. The van der Waals surface area contributed by atoms with Crippen molar-refractivity contribution in [2.45, 2.75) is 25.9 Å². The third-order valence-electron chi connectivity index (χ3n) is 5.74. The standard InChI is InChI=1S/C26H23N5O3S4/c1-4-34-19-9-7-17(8-10-19)31-23(33)21-22(29-25(31)37-14-20(32)28-24-27-11-12-36-24)30(26(35)38-21)18-6-5-15(2)16(3)13-18/h5-13H,4,14H2,1-3H3,(H,27,28,32). The first-order valence-corrected chi connectivity index (χ1v) is 14.8. The molecule has 3 aromatic heterocycles. The van der Waals surface area contributed by atoms with Crippen LogP contribution >= 0.6 is 46.7 Å².